The number of aromatic nitrogens is 4. The van der Waals surface area contributed by atoms with Crippen molar-refractivity contribution < 1.29 is 4.79 Å². The van der Waals surface area contributed by atoms with Crippen molar-refractivity contribution in [3.05, 3.63) is 88.3 Å². The maximum absolute atomic E-state index is 12.6. The Labute approximate surface area is 173 Å². The van der Waals surface area contributed by atoms with Crippen molar-refractivity contribution in [2.24, 2.45) is 0 Å². The third-order valence-electron chi connectivity index (χ3n) is 4.83. The predicted octanol–water partition coefficient (Wildman–Crippen LogP) is 4.46. The van der Waals surface area contributed by atoms with Gasteiger partial charge < -0.3 is 5.32 Å². The fourth-order valence-electron chi connectivity index (χ4n) is 3.22. The summed E-state index contributed by atoms with van der Waals surface area (Å²) < 4.78 is 1.89. The second kappa shape index (κ2) is 7.93. The molecule has 0 unspecified atom stereocenters. The lowest BCUT2D eigenvalue weighted by Gasteiger charge is -2.06. The molecule has 7 heteroatoms. The van der Waals surface area contributed by atoms with Crippen LogP contribution in [0.25, 0.3) is 16.9 Å². The normalized spacial score (nSPS) is 10.9. The first-order valence-corrected chi connectivity index (χ1v) is 9.61. The molecule has 0 fully saturated rings. The summed E-state index contributed by atoms with van der Waals surface area (Å²) in [6, 6.07) is 19.0. The number of halogens is 1. The SMILES string of the molecule is Cc1nn(-c2ccccc2)c(C)c1CNC(=O)c1cc(-c2ccc(Cl)cc2)n[nH]1. The van der Waals surface area contributed by atoms with Gasteiger partial charge in [-0.3, -0.25) is 9.89 Å². The maximum Gasteiger partial charge on any atom is 0.269 e. The number of aromatic amines is 1. The van der Waals surface area contributed by atoms with E-state index in [9.17, 15) is 4.79 Å². The zero-order chi connectivity index (χ0) is 20.4. The van der Waals surface area contributed by atoms with Gasteiger partial charge in [0.1, 0.15) is 5.69 Å². The van der Waals surface area contributed by atoms with Crippen molar-refractivity contribution in [3.63, 3.8) is 0 Å². The Hall–Kier alpha value is -3.38. The second-order valence-electron chi connectivity index (χ2n) is 6.75. The van der Waals surface area contributed by atoms with Gasteiger partial charge in [-0.1, -0.05) is 41.9 Å². The van der Waals surface area contributed by atoms with Crippen LogP contribution >= 0.6 is 11.6 Å². The smallest absolute Gasteiger partial charge is 0.269 e. The second-order valence-corrected chi connectivity index (χ2v) is 7.19. The van der Waals surface area contributed by atoms with E-state index in [-0.39, 0.29) is 5.91 Å². The Morgan fingerprint density at radius 1 is 1.10 bits per heavy atom. The predicted molar refractivity (Wildman–Crippen MR) is 113 cm³/mol. The van der Waals surface area contributed by atoms with Crippen LogP contribution in [0.1, 0.15) is 27.4 Å². The molecule has 2 aromatic heterocycles. The number of carbonyl (C=O) groups is 1. The Morgan fingerprint density at radius 2 is 1.83 bits per heavy atom. The molecule has 0 saturated carbocycles. The number of benzene rings is 2. The van der Waals surface area contributed by atoms with Gasteiger partial charge in [-0.25, -0.2) is 4.68 Å². The largest absolute Gasteiger partial charge is 0.347 e. The standard InChI is InChI=1S/C22H20ClN5O/c1-14-19(15(2)28(27-14)18-6-4-3-5-7-18)13-24-22(29)21-12-20(25-26-21)16-8-10-17(23)11-9-16/h3-12H,13H2,1-2H3,(H,24,29)(H,25,26). The summed E-state index contributed by atoms with van der Waals surface area (Å²) in [6.07, 6.45) is 0. The molecule has 0 aliphatic rings. The quantitative estimate of drug-likeness (QED) is 0.514. The minimum atomic E-state index is -0.219. The van der Waals surface area contributed by atoms with E-state index in [1.165, 1.54) is 0 Å². The molecule has 2 heterocycles. The first-order chi connectivity index (χ1) is 14.0. The van der Waals surface area contributed by atoms with E-state index in [1.54, 1.807) is 18.2 Å². The summed E-state index contributed by atoms with van der Waals surface area (Å²) in [7, 11) is 0. The molecule has 0 saturated heterocycles. The van der Waals surface area contributed by atoms with E-state index in [0.29, 0.717) is 23.0 Å². The van der Waals surface area contributed by atoms with Crippen LogP contribution in [0.5, 0.6) is 0 Å². The molecule has 0 spiro atoms. The fraction of sp³-hybridized carbons (Fsp3) is 0.136. The molecule has 0 aliphatic carbocycles. The highest BCUT2D eigenvalue weighted by Gasteiger charge is 2.15. The van der Waals surface area contributed by atoms with E-state index in [0.717, 1.165) is 28.2 Å². The van der Waals surface area contributed by atoms with Crippen molar-refractivity contribution >= 4 is 17.5 Å². The number of aryl methyl sites for hydroxylation is 1. The maximum atomic E-state index is 12.6. The Bertz CT molecular complexity index is 1150. The number of nitrogens with zero attached hydrogens (tertiary/aromatic N) is 3. The zero-order valence-electron chi connectivity index (χ0n) is 16.1. The van der Waals surface area contributed by atoms with E-state index >= 15 is 0 Å². The van der Waals surface area contributed by atoms with Gasteiger partial charge in [-0.2, -0.15) is 10.2 Å². The van der Waals surface area contributed by atoms with Gasteiger partial charge in [0.2, 0.25) is 0 Å². The molecule has 2 N–H and O–H groups in total. The van der Waals surface area contributed by atoms with Crippen LogP contribution in [-0.2, 0) is 6.54 Å². The summed E-state index contributed by atoms with van der Waals surface area (Å²) in [5.74, 6) is -0.219. The molecule has 0 radical (unpaired) electrons. The minimum Gasteiger partial charge on any atom is -0.347 e. The Morgan fingerprint density at radius 3 is 2.55 bits per heavy atom. The topological polar surface area (TPSA) is 75.6 Å². The fourth-order valence-corrected chi connectivity index (χ4v) is 3.35. The van der Waals surface area contributed by atoms with Gasteiger partial charge in [-0.15, -0.1) is 0 Å². The highest BCUT2D eigenvalue weighted by molar-refractivity contribution is 6.30. The van der Waals surface area contributed by atoms with Crippen molar-refractivity contribution in [1.82, 2.24) is 25.3 Å². The van der Waals surface area contributed by atoms with Crippen molar-refractivity contribution in [3.8, 4) is 16.9 Å². The van der Waals surface area contributed by atoms with Gasteiger partial charge in [0.05, 0.1) is 17.1 Å². The third kappa shape index (κ3) is 3.93. The Balaban J connectivity index is 1.48. The summed E-state index contributed by atoms with van der Waals surface area (Å²) >= 11 is 5.92. The molecule has 0 aliphatic heterocycles. The number of hydrogen-bond acceptors (Lipinski definition) is 3. The van der Waals surface area contributed by atoms with Crippen LogP contribution in [0.4, 0.5) is 0 Å². The van der Waals surface area contributed by atoms with Crippen molar-refractivity contribution in [2.75, 3.05) is 0 Å². The highest BCUT2D eigenvalue weighted by atomic mass is 35.5. The summed E-state index contributed by atoms with van der Waals surface area (Å²) in [5.41, 5.74) is 5.86. The lowest BCUT2D eigenvalue weighted by molar-refractivity contribution is 0.0946. The third-order valence-corrected chi connectivity index (χ3v) is 5.08. The number of rotatable bonds is 5. The number of carbonyl (C=O) groups excluding carboxylic acids is 1. The average Bonchev–Trinajstić information content (AvgIpc) is 3.33. The van der Waals surface area contributed by atoms with E-state index in [4.69, 9.17) is 11.6 Å². The first-order valence-electron chi connectivity index (χ1n) is 9.23. The molecule has 0 bridgehead atoms. The van der Waals surface area contributed by atoms with Gasteiger partial charge in [0.15, 0.2) is 0 Å². The van der Waals surface area contributed by atoms with Crippen LogP contribution in [0.15, 0.2) is 60.7 Å². The molecule has 4 aromatic rings. The molecule has 0 atom stereocenters. The summed E-state index contributed by atoms with van der Waals surface area (Å²) in [6.45, 7) is 4.34. The van der Waals surface area contributed by atoms with Crippen molar-refractivity contribution in [2.45, 2.75) is 20.4 Å². The van der Waals surface area contributed by atoms with E-state index in [2.05, 4.69) is 20.6 Å². The summed E-state index contributed by atoms with van der Waals surface area (Å²) in [5, 5.41) is 15.2. The monoisotopic (exact) mass is 405 g/mol. The molecular formula is C22H20ClN5O. The molecule has 29 heavy (non-hydrogen) atoms. The first kappa shape index (κ1) is 19.0. The Kier molecular flexibility index (Phi) is 5.18. The van der Waals surface area contributed by atoms with Gasteiger partial charge in [0, 0.05) is 28.4 Å². The van der Waals surface area contributed by atoms with Gasteiger partial charge >= 0.3 is 0 Å². The van der Waals surface area contributed by atoms with Crippen LogP contribution < -0.4 is 5.32 Å². The number of para-hydroxylation sites is 1. The lowest BCUT2D eigenvalue weighted by Crippen LogP contribution is -2.23. The number of amides is 1. The number of H-pyrrole nitrogens is 1. The highest BCUT2D eigenvalue weighted by Crippen LogP contribution is 2.21. The number of hydrogen-bond donors (Lipinski definition) is 2. The van der Waals surface area contributed by atoms with Gasteiger partial charge in [-0.05, 0) is 44.2 Å². The lowest BCUT2D eigenvalue weighted by atomic mass is 10.1. The van der Waals surface area contributed by atoms with Crippen LogP contribution in [0.3, 0.4) is 0 Å². The van der Waals surface area contributed by atoms with Crippen molar-refractivity contribution in [1.29, 1.82) is 0 Å². The summed E-state index contributed by atoms with van der Waals surface area (Å²) in [4.78, 5) is 12.6. The molecule has 4 rings (SSSR count). The molecule has 146 valence electrons. The molecule has 1 amide bonds. The minimum absolute atomic E-state index is 0.219. The van der Waals surface area contributed by atoms with E-state index in [1.807, 2.05) is 61.0 Å². The van der Waals surface area contributed by atoms with Gasteiger partial charge in [0.25, 0.3) is 5.91 Å². The molecular weight excluding hydrogens is 386 g/mol. The molecule has 2 aromatic carbocycles. The van der Waals surface area contributed by atoms with Crippen LogP contribution in [0.2, 0.25) is 5.02 Å². The van der Waals surface area contributed by atoms with Crippen LogP contribution in [-0.4, -0.2) is 25.9 Å². The zero-order valence-corrected chi connectivity index (χ0v) is 16.9. The number of nitrogens with one attached hydrogen (secondary N) is 2. The van der Waals surface area contributed by atoms with Crippen LogP contribution in [0, 0.1) is 13.8 Å². The van der Waals surface area contributed by atoms with E-state index < -0.39 is 0 Å². The molecule has 6 nitrogen and oxygen atoms in total. The average molecular weight is 406 g/mol.